The van der Waals surface area contributed by atoms with Crippen molar-refractivity contribution in [2.24, 2.45) is 0 Å². The van der Waals surface area contributed by atoms with Crippen molar-refractivity contribution in [3.05, 3.63) is 58.1 Å². The summed E-state index contributed by atoms with van der Waals surface area (Å²) in [6, 6.07) is 10.6. The molecule has 1 amide bonds. The van der Waals surface area contributed by atoms with E-state index >= 15 is 0 Å². The third-order valence-electron chi connectivity index (χ3n) is 3.79. The number of nitro groups is 1. The van der Waals surface area contributed by atoms with Crippen LogP contribution in [0.25, 0.3) is 0 Å². The average molecular weight is 402 g/mol. The summed E-state index contributed by atoms with van der Waals surface area (Å²) < 4.78 is 15.8. The summed E-state index contributed by atoms with van der Waals surface area (Å²) in [6.07, 6.45) is -1.14. The molecular formula is C20H22N2O7. The molecule has 0 aliphatic heterocycles. The van der Waals surface area contributed by atoms with Gasteiger partial charge in [-0.25, -0.2) is 4.79 Å². The molecule has 9 heteroatoms. The van der Waals surface area contributed by atoms with E-state index in [2.05, 4.69) is 5.32 Å². The number of amides is 1. The first-order chi connectivity index (χ1) is 13.9. The molecule has 0 fully saturated rings. The van der Waals surface area contributed by atoms with E-state index in [0.29, 0.717) is 18.0 Å². The van der Waals surface area contributed by atoms with E-state index in [1.807, 2.05) is 6.92 Å². The van der Waals surface area contributed by atoms with E-state index < -0.39 is 22.9 Å². The van der Waals surface area contributed by atoms with Crippen LogP contribution in [0.5, 0.6) is 11.5 Å². The third kappa shape index (κ3) is 5.68. The number of carbonyl (C=O) groups is 2. The highest BCUT2D eigenvalue weighted by Crippen LogP contribution is 2.28. The van der Waals surface area contributed by atoms with Gasteiger partial charge >= 0.3 is 11.7 Å². The van der Waals surface area contributed by atoms with Gasteiger partial charge in [0.15, 0.2) is 11.9 Å². The largest absolute Gasteiger partial charge is 0.492 e. The van der Waals surface area contributed by atoms with Gasteiger partial charge in [-0.3, -0.25) is 14.9 Å². The lowest BCUT2D eigenvalue weighted by molar-refractivity contribution is -0.385. The van der Waals surface area contributed by atoms with E-state index in [1.54, 1.807) is 31.2 Å². The summed E-state index contributed by atoms with van der Waals surface area (Å²) in [4.78, 5) is 35.3. The smallest absolute Gasteiger partial charge is 0.339 e. The number of nitrogens with zero attached hydrogens (tertiary/aromatic N) is 1. The maximum Gasteiger partial charge on any atom is 0.339 e. The lowest BCUT2D eigenvalue weighted by Crippen LogP contribution is -2.30. The highest BCUT2D eigenvalue weighted by atomic mass is 16.6. The summed E-state index contributed by atoms with van der Waals surface area (Å²) in [5.41, 5.74) is 0.0255. The molecule has 0 saturated carbocycles. The summed E-state index contributed by atoms with van der Waals surface area (Å²) in [5.74, 6) is -0.890. The second-order valence-corrected chi connectivity index (χ2v) is 5.84. The number of esters is 1. The number of nitro benzene ring substituents is 1. The number of anilines is 1. The van der Waals surface area contributed by atoms with Crippen LogP contribution in [-0.4, -0.2) is 36.1 Å². The molecule has 2 rings (SSSR count). The molecule has 154 valence electrons. The van der Waals surface area contributed by atoms with Crippen LogP contribution in [0.1, 0.15) is 31.1 Å². The number of carbonyl (C=O) groups excluding carboxylic acids is 2. The van der Waals surface area contributed by atoms with Gasteiger partial charge < -0.3 is 19.5 Å². The first kappa shape index (κ1) is 21.7. The van der Waals surface area contributed by atoms with Gasteiger partial charge in [-0.05, 0) is 45.0 Å². The molecule has 1 unspecified atom stereocenters. The molecule has 0 heterocycles. The predicted octanol–water partition coefficient (Wildman–Crippen LogP) is 3.58. The van der Waals surface area contributed by atoms with E-state index in [0.717, 1.165) is 6.07 Å². The van der Waals surface area contributed by atoms with Crippen LogP contribution in [-0.2, 0) is 9.53 Å². The Morgan fingerprint density at radius 2 is 1.72 bits per heavy atom. The van der Waals surface area contributed by atoms with Crippen LogP contribution < -0.4 is 14.8 Å². The molecule has 0 spiro atoms. The minimum Gasteiger partial charge on any atom is -0.492 e. The average Bonchev–Trinajstić information content (AvgIpc) is 2.69. The Labute approximate surface area is 167 Å². The van der Waals surface area contributed by atoms with Crippen LogP contribution in [0.2, 0.25) is 0 Å². The molecule has 1 N–H and O–H groups in total. The van der Waals surface area contributed by atoms with Gasteiger partial charge in [0.25, 0.3) is 5.91 Å². The summed E-state index contributed by atoms with van der Waals surface area (Å²) in [6.45, 7) is 5.58. The van der Waals surface area contributed by atoms with Crippen molar-refractivity contribution in [2.45, 2.75) is 26.9 Å². The van der Waals surface area contributed by atoms with Gasteiger partial charge in [-0.15, -0.1) is 0 Å². The molecule has 0 aromatic heterocycles. The van der Waals surface area contributed by atoms with Crippen molar-refractivity contribution < 1.29 is 28.7 Å². The molecule has 2 aromatic rings. The van der Waals surface area contributed by atoms with Crippen LogP contribution in [0.15, 0.2) is 42.5 Å². The van der Waals surface area contributed by atoms with Crippen molar-refractivity contribution >= 4 is 23.3 Å². The van der Waals surface area contributed by atoms with Crippen molar-refractivity contribution in [3.8, 4) is 11.5 Å². The zero-order chi connectivity index (χ0) is 21.4. The number of ether oxygens (including phenoxy) is 3. The van der Waals surface area contributed by atoms with Crippen molar-refractivity contribution in [1.82, 2.24) is 0 Å². The molecule has 2 aromatic carbocycles. The maximum absolute atomic E-state index is 12.4. The highest BCUT2D eigenvalue weighted by Gasteiger charge is 2.23. The molecule has 0 bridgehead atoms. The van der Waals surface area contributed by atoms with E-state index in [-0.39, 0.29) is 23.6 Å². The normalized spacial score (nSPS) is 11.3. The van der Waals surface area contributed by atoms with Gasteiger partial charge in [-0.2, -0.15) is 0 Å². The van der Waals surface area contributed by atoms with Gasteiger partial charge in [-0.1, -0.05) is 12.1 Å². The highest BCUT2D eigenvalue weighted by molar-refractivity contribution is 5.98. The van der Waals surface area contributed by atoms with Crippen LogP contribution in [0.3, 0.4) is 0 Å². The Balaban J connectivity index is 2.09. The van der Waals surface area contributed by atoms with Gasteiger partial charge in [0.05, 0.1) is 29.4 Å². The van der Waals surface area contributed by atoms with Gasteiger partial charge in [0.2, 0.25) is 0 Å². The molecule has 0 radical (unpaired) electrons. The monoisotopic (exact) mass is 402 g/mol. The zero-order valence-electron chi connectivity index (χ0n) is 16.3. The molecule has 1 atom stereocenters. The molecule has 29 heavy (non-hydrogen) atoms. The fourth-order valence-corrected chi connectivity index (χ4v) is 2.43. The third-order valence-corrected chi connectivity index (χ3v) is 3.79. The predicted molar refractivity (Wildman–Crippen MR) is 105 cm³/mol. The summed E-state index contributed by atoms with van der Waals surface area (Å²) in [7, 11) is 0. The number of hydrogen-bond donors (Lipinski definition) is 1. The Morgan fingerprint density at radius 3 is 2.38 bits per heavy atom. The SMILES string of the molecule is CCOc1ccccc1NC(=O)C(C)OC(=O)c1ccc(OCC)c([N+](=O)[O-])c1. The minimum absolute atomic E-state index is 0.0485. The van der Waals surface area contributed by atoms with Crippen molar-refractivity contribution in [2.75, 3.05) is 18.5 Å². The first-order valence-electron chi connectivity index (χ1n) is 9.02. The molecule has 0 aliphatic rings. The minimum atomic E-state index is -1.14. The maximum atomic E-state index is 12.4. The van der Waals surface area contributed by atoms with Crippen LogP contribution in [0, 0.1) is 10.1 Å². The first-order valence-corrected chi connectivity index (χ1v) is 9.02. The van der Waals surface area contributed by atoms with E-state index in [9.17, 15) is 19.7 Å². The summed E-state index contributed by atoms with van der Waals surface area (Å²) in [5, 5.41) is 13.8. The molecule has 9 nitrogen and oxygen atoms in total. The number of benzene rings is 2. The number of para-hydroxylation sites is 2. The lowest BCUT2D eigenvalue weighted by Gasteiger charge is -2.15. The quantitative estimate of drug-likeness (QED) is 0.387. The Bertz CT molecular complexity index is 898. The van der Waals surface area contributed by atoms with E-state index in [4.69, 9.17) is 14.2 Å². The van der Waals surface area contributed by atoms with Crippen molar-refractivity contribution in [1.29, 1.82) is 0 Å². The Hall–Kier alpha value is -3.62. The zero-order valence-corrected chi connectivity index (χ0v) is 16.3. The Morgan fingerprint density at radius 1 is 1.07 bits per heavy atom. The van der Waals surface area contributed by atoms with Crippen LogP contribution in [0.4, 0.5) is 11.4 Å². The van der Waals surface area contributed by atoms with Gasteiger partial charge in [0.1, 0.15) is 5.75 Å². The number of nitrogens with one attached hydrogen (secondary N) is 1. The fraction of sp³-hybridized carbons (Fsp3) is 0.300. The Kier molecular flexibility index (Phi) is 7.53. The molecule has 0 aliphatic carbocycles. The summed E-state index contributed by atoms with van der Waals surface area (Å²) >= 11 is 0. The molecule has 0 saturated heterocycles. The standard InChI is InChI=1S/C20H22N2O7/c1-4-27-17-9-7-6-8-15(17)21-19(23)13(3)29-20(24)14-10-11-18(28-5-2)16(12-14)22(25)26/h6-13H,4-5H2,1-3H3,(H,21,23). The topological polar surface area (TPSA) is 117 Å². The lowest BCUT2D eigenvalue weighted by atomic mass is 10.2. The van der Waals surface area contributed by atoms with Gasteiger partial charge in [0, 0.05) is 6.07 Å². The number of hydrogen-bond acceptors (Lipinski definition) is 7. The molecular weight excluding hydrogens is 380 g/mol. The second kappa shape index (κ2) is 10.1. The fourth-order valence-electron chi connectivity index (χ4n) is 2.43. The second-order valence-electron chi connectivity index (χ2n) is 5.84. The van der Waals surface area contributed by atoms with E-state index in [1.165, 1.54) is 19.1 Å². The van der Waals surface area contributed by atoms with Crippen LogP contribution >= 0.6 is 0 Å². The number of rotatable bonds is 9. The van der Waals surface area contributed by atoms with Crippen molar-refractivity contribution in [3.63, 3.8) is 0 Å².